The van der Waals surface area contributed by atoms with Gasteiger partial charge in [0, 0.05) is 25.8 Å². The summed E-state index contributed by atoms with van der Waals surface area (Å²) < 4.78 is 11.5. The summed E-state index contributed by atoms with van der Waals surface area (Å²) in [6, 6.07) is 1.88. The molecule has 19 heavy (non-hydrogen) atoms. The number of nitrogens with two attached hydrogens (primary N) is 1. The average Bonchev–Trinajstić information content (AvgIpc) is 2.86. The molecule has 2 fully saturated rings. The number of rotatable bonds is 2. The van der Waals surface area contributed by atoms with E-state index in [1.54, 1.807) is 6.20 Å². The summed E-state index contributed by atoms with van der Waals surface area (Å²) in [5.41, 5.74) is 7.25. The van der Waals surface area contributed by atoms with Gasteiger partial charge in [-0.1, -0.05) is 0 Å². The van der Waals surface area contributed by atoms with E-state index in [0.717, 1.165) is 44.0 Å². The predicted molar refractivity (Wildman–Crippen MR) is 70.5 cm³/mol. The minimum absolute atomic E-state index is 0.0388. The molecule has 0 aromatic carbocycles. The van der Waals surface area contributed by atoms with E-state index in [9.17, 15) is 0 Å². The molecule has 0 amide bonds. The number of hydrogen-bond donors (Lipinski definition) is 1. The number of aromatic nitrogens is 2. The Morgan fingerprint density at radius 1 is 1.47 bits per heavy atom. The molecule has 104 valence electrons. The van der Waals surface area contributed by atoms with E-state index in [4.69, 9.17) is 15.2 Å². The van der Waals surface area contributed by atoms with E-state index < -0.39 is 0 Å². The van der Waals surface area contributed by atoms with Crippen LogP contribution in [0.3, 0.4) is 0 Å². The Morgan fingerprint density at radius 3 is 3.11 bits per heavy atom. The van der Waals surface area contributed by atoms with Gasteiger partial charge in [-0.25, -0.2) is 9.97 Å². The van der Waals surface area contributed by atoms with Crippen LogP contribution in [0.5, 0.6) is 0 Å². The average molecular weight is 263 g/mol. The third kappa shape index (κ3) is 2.63. The summed E-state index contributed by atoms with van der Waals surface area (Å²) in [4.78, 5) is 8.58. The molecule has 0 radical (unpaired) electrons. The van der Waals surface area contributed by atoms with Gasteiger partial charge in [0.25, 0.3) is 0 Å². The summed E-state index contributed by atoms with van der Waals surface area (Å²) in [5, 5.41) is 0. The largest absolute Gasteiger partial charge is 0.378 e. The lowest BCUT2D eigenvalue weighted by Crippen LogP contribution is -2.43. The molecule has 5 heteroatoms. The maximum absolute atomic E-state index is 6.40. The van der Waals surface area contributed by atoms with Crippen molar-refractivity contribution in [2.45, 2.75) is 37.8 Å². The minimum atomic E-state index is -0.0946. The molecular weight excluding hydrogens is 242 g/mol. The lowest BCUT2D eigenvalue weighted by molar-refractivity contribution is -0.101. The van der Waals surface area contributed by atoms with Crippen molar-refractivity contribution in [1.82, 2.24) is 9.97 Å². The van der Waals surface area contributed by atoms with Crippen molar-refractivity contribution in [1.29, 1.82) is 0 Å². The van der Waals surface area contributed by atoms with E-state index >= 15 is 0 Å². The van der Waals surface area contributed by atoms with Crippen molar-refractivity contribution in [3.05, 3.63) is 23.8 Å². The van der Waals surface area contributed by atoms with Crippen molar-refractivity contribution in [2.24, 2.45) is 11.7 Å². The lowest BCUT2D eigenvalue weighted by atomic mass is 9.80. The van der Waals surface area contributed by atoms with Crippen LogP contribution in [0.2, 0.25) is 0 Å². The van der Waals surface area contributed by atoms with Gasteiger partial charge in [-0.05, 0) is 31.7 Å². The molecule has 5 nitrogen and oxygen atoms in total. The SMILES string of the molecule is Cc1nccc(C(N)C2CCOC3(CCOC3)C2)n1. The number of hydrogen-bond acceptors (Lipinski definition) is 5. The van der Waals surface area contributed by atoms with Crippen LogP contribution in [0.4, 0.5) is 0 Å². The van der Waals surface area contributed by atoms with E-state index in [-0.39, 0.29) is 11.6 Å². The van der Waals surface area contributed by atoms with E-state index in [2.05, 4.69) is 9.97 Å². The maximum Gasteiger partial charge on any atom is 0.125 e. The molecule has 1 aromatic rings. The van der Waals surface area contributed by atoms with Crippen LogP contribution in [0.15, 0.2) is 12.3 Å². The third-order valence-electron chi connectivity index (χ3n) is 4.25. The molecular formula is C14H21N3O2. The van der Waals surface area contributed by atoms with Crippen LogP contribution >= 0.6 is 0 Å². The minimum Gasteiger partial charge on any atom is -0.378 e. The molecule has 2 aliphatic heterocycles. The molecule has 0 aliphatic carbocycles. The summed E-state index contributed by atoms with van der Waals surface area (Å²) in [7, 11) is 0. The smallest absolute Gasteiger partial charge is 0.125 e. The fraction of sp³-hybridized carbons (Fsp3) is 0.714. The van der Waals surface area contributed by atoms with Crippen molar-refractivity contribution in [3.8, 4) is 0 Å². The van der Waals surface area contributed by atoms with Gasteiger partial charge in [0.1, 0.15) is 5.82 Å². The topological polar surface area (TPSA) is 70.3 Å². The summed E-state index contributed by atoms with van der Waals surface area (Å²) in [5.74, 6) is 1.18. The highest BCUT2D eigenvalue weighted by molar-refractivity contribution is 5.09. The van der Waals surface area contributed by atoms with Crippen LogP contribution in [0.25, 0.3) is 0 Å². The van der Waals surface area contributed by atoms with Crippen LogP contribution < -0.4 is 5.73 Å². The summed E-state index contributed by atoms with van der Waals surface area (Å²) >= 11 is 0. The van der Waals surface area contributed by atoms with Crippen LogP contribution in [0.1, 0.15) is 36.8 Å². The van der Waals surface area contributed by atoms with Gasteiger partial charge in [0.15, 0.2) is 0 Å². The molecule has 2 N–H and O–H groups in total. The molecule has 2 aliphatic rings. The summed E-state index contributed by atoms with van der Waals surface area (Å²) in [6.07, 6.45) is 4.73. The van der Waals surface area contributed by atoms with Crippen molar-refractivity contribution in [3.63, 3.8) is 0 Å². The fourth-order valence-corrected chi connectivity index (χ4v) is 3.14. The first-order valence-electron chi connectivity index (χ1n) is 6.95. The van der Waals surface area contributed by atoms with E-state index in [1.165, 1.54) is 0 Å². The first kappa shape index (κ1) is 13.0. The Labute approximate surface area is 113 Å². The van der Waals surface area contributed by atoms with Gasteiger partial charge in [-0.2, -0.15) is 0 Å². The van der Waals surface area contributed by atoms with Crippen molar-refractivity contribution < 1.29 is 9.47 Å². The van der Waals surface area contributed by atoms with Gasteiger partial charge in [-0.3, -0.25) is 0 Å². The van der Waals surface area contributed by atoms with Gasteiger partial charge >= 0.3 is 0 Å². The molecule has 1 aromatic heterocycles. The Kier molecular flexibility index (Phi) is 3.52. The van der Waals surface area contributed by atoms with Crippen LogP contribution in [-0.4, -0.2) is 35.4 Å². The number of aryl methyl sites for hydroxylation is 1. The number of nitrogens with zero attached hydrogens (tertiary/aromatic N) is 2. The van der Waals surface area contributed by atoms with Crippen molar-refractivity contribution >= 4 is 0 Å². The highest BCUT2D eigenvalue weighted by atomic mass is 16.6. The molecule has 1 spiro atoms. The molecule has 3 heterocycles. The van der Waals surface area contributed by atoms with E-state index in [0.29, 0.717) is 12.5 Å². The Bertz CT molecular complexity index is 446. The number of ether oxygens (including phenoxy) is 2. The first-order valence-corrected chi connectivity index (χ1v) is 6.95. The standard InChI is InChI=1S/C14H21N3O2/c1-10-16-5-2-12(17-10)13(15)11-3-6-19-14(8-11)4-7-18-9-14/h2,5,11,13H,3-4,6-9,15H2,1H3. The van der Waals surface area contributed by atoms with Gasteiger partial charge in [0.05, 0.1) is 23.9 Å². The molecule has 3 rings (SSSR count). The zero-order chi connectivity index (χ0) is 13.3. The monoisotopic (exact) mass is 263 g/mol. The van der Waals surface area contributed by atoms with Crippen LogP contribution in [0, 0.1) is 12.8 Å². The van der Waals surface area contributed by atoms with Crippen molar-refractivity contribution in [2.75, 3.05) is 19.8 Å². The molecule has 3 atom stereocenters. The molecule has 2 saturated heterocycles. The Morgan fingerprint density at radius 2 is 2.37 bits per heavy atom. The molecule has 0 saturated carbocycles. The highest BCUT2D eigenvalue weighted by Gasteiger charge is 2.42. The normalized spacial score (nSPS) is 32.6. The fourth-order valence-electron chi connectivity index (χ4n) is 3.14. The quantitative estimate of drug-likeness (QED) is 0.872. The second-order valence-corrected chi connectivity index (χ2v) is 5.64. The van der Waals surface area contributed by atoms with Gasteiger partial charge in [0.2, 0.25) is 0 Å². The Balaban J connectivity index is 1.74. The zero-order valence-corrected chi connectivity index (χ0v) is 11.3. The van der Waals surface area contributed by atoms with Gasteiger partial charge in [-0.15, -0.1) is 0 Å². The van der Waals surface area contributed by atoms with E-state index in [1.807, 2.05) is 13.0 Å². The van der Waals surface area contributed by atoms with Gasteiger partial charge < -0.3 is 15.2 Å². The lowest BCUT2D eigenvalue weighted by Gasteiger charge is -2.39. The second kappa shape index (κ2) is 5.15. The maximum atomic E-state index is 6.40. The zero-order valence-electron chi connectivity index (χ0n) is 11.3. The third-order valence-corrected chi connectivity index (χ3v) is 4.25. The second-order valence-electron chi connectivity index (χ2n) is 5.64. The predicted octanol–water partition coefficient (Wildman–Crippen LogP) is 1.37. The Hall–Kier alpha value is -1.04. The first-order chi connectivity index (χ1) is 9.19. The highest BCUT2D eigenvalue weighted by Crippen LogP contribution is 2.39. The molecule has 0 bridgehead atoms. The summed E-state index contributed by atoms with van der Waals surface area (Å²) in [6.45, 7) is 4.17. The van der Waals surface area contributed by atoms with Crippen LogP contribution in [-0.2, 0) is 9.47 Å². The molecule has 3 unspecified atom stereocenters.